The molecular weight excluding hydrogens is 230 g/mol. The first-order chi connectivity index (χ1) is 8.69. The van der Waals surface area contributed by atoms with Crippen molar-refractivity contribution < 1.29 is 4.79 Å². The number of amides is 1. The van der Waals surface area contributed by atoms with Gasteiger partial charge in [0.1, 0.15) is 5.82 Å². The van der Waals surface area contributed by atoms with E-state index in [1.807, 2.05) is 20.0 Å². The SMILES string of the molecule is CCNc1nccc(NC2CCC(=O)N(C)C2)n1. The number of nitrogens with one attached hydrogen (secondary N) is 2. The number of rotatable bonds is 4. The molecular formula is C12H19N5O. The van der Waals surface area contributed by atoms with Crippen LogP contribution in [0.4, 0.5) is 11.8 Å². The molecule has 1 amide bonds. The van der Waals surface area contributed by atoms with Crippen molar-refractivity contribution in [1.82, 2.24) is 14.9 Å². The van der Waals surface area contributed by atoms with Crippen LogP contribution in [0, 0.1) is 0 Å². The van der Waals surface area contributed by atoms with Crippen molar-refractivity contribution in [2.75, 3.05) is 30.8 Å². The molecule has 2 heterocycles. The Morgan fingerprint density at radius 3 is 3.11 bits per heavy atom. The van der Waals surface area contributed by atoms with Crippen LogP contribution in [0.2, 0.25) is 0 Å². The predicted molar refractivity (Wildman–Crippen MR) is 70.5 cm³/mol. The van der Waals surface area contributed by atoms with E-state index in [0.717, 1.165) is 25.3 Å². The molecule has 1 fully saturated rings. The molecule has 0 radical (unpaired) electrons. The molecule has 1 unspecified atom stereocenters. The smallest absolute Gasteiger partial charge is 0.224 e. The summed E-state index contributed by atoms with van der Waals surface area (Å²) in [5.74, 6) is 1.64. The summed E-state index contributed by atoms with van der Waals surface area (Å²) in [5.41, 5.74) is 0. The van der Waals surface area contributed by atoms with Crippen LogP contribution >= 0.6 is 0 Å². The summed E-state index contributed by atoms with van der Waals surface area (Å²) in [6, 6.07) is 2.11. The van der Waals surface area contributed by atoms with Crippen molar-refractivity contribution in [2.45, 2.75) is 25.8 Å². The largest absolute Gasteiger partial charge is 0.365 e. The number of piperidine rings is 1. The molecule has 98 valence electrons. The molecule has 6 nitrogen and oxygen atoms in total. The number of carbonyl (C=O) groups excluding carboxylic acids is 1. The van der Waals surface area contributed by atoms with E-state index in [9.17, 15) is 4.79 Å². The summed E-state index contributed by atoms with van der Waals surface area (Å²) < 4.78 is 0. The first kappa shape index (κ1) is 12.6. The Morgan fingerprint density at radius 2 is 2.39 bits per heavy atom. The van der Waals surface area contributed by atoms with Crippen molar-refractivity contribution in [3.8, 4) is 0 Å². The van der Waals surface area contributed by atoms with Crippen LogP contribution in [-0.4, -0.2) is 47.0 Å². The van der Waals surface area contributed by atoms with Gasteiger partial charge < -0.3 is 15.5 Å². The molecule has 2 rings (SSSR count). The highest BCUT2D eigenvalue weighted by Gasteiger charge is 2.22. The Balaban J connectivity index is 1.96. The highest BCUT2D eigenvalue weighted by atomic mass is 16.2. The third-order valence-corrected chi connectivity index (χ3v) is 2.97. The van der Waals surface area contributed by atoms with E-state index >= 15 is 0 Å². The van der Waals surface area contributed by atoms with Crippen molar-refractivity contribution in [3.63, 3.8) is 0 Å². The number of hydrogen-bond acceptors (Lipinski definition) is 5. The molecule has 0 saturated carbocycles. The summed E-state index contributed by atoms with van der Waals surface area (Å²) in [4.78, 5) is 21.6. The molecule has 1 saturated heterocycles. The molecule has 2 N–H and O–H groups in total. The number of likely N-dealkylation sites (N-methyl/N-ethyl adjacent to an activating group) is 1. The normalized spacial score (nSPS) is 19.8. The summed E-state index contributed by atoms with van der Waals surface area (Å²) in [7, 11) is 1.83. The van der Waals surface area contributed by atoms with Gasteiger partial charge in [0, 0.05) is 38.8 Å². The standard InChI is InChI=1S/C12H19N5O/c1-3-13-12-14-7-6-10(16-12)15-9-4-5-11(18)17(2)8-9/h6-7,9H,3-5,8H2,1-2H3,(H2,13,14,15,16). The molecule has 18 heavy (non-hydrogen) atoms. The lowest BCUT2D eigenvalue weighted by Crippen LogP contribution is -2.43. The van der Waals surface area contributed by atoms with E-state index in [2.05, 4.69) is 20.6 Å². The van der Waals surface area contributed by atoms with Crippen molar-refractivity contribution in [1.29, 1.82) is 0 Å². The monoisotopic (exact) mass is 249 g/mol. The van der Waals surface area contributed by atoms with Gasteiger partial charge in [-0.05, 0) is 19.4 Å². The van der Waals surface area contributed by atoms with E-state index in [1.54, 1.807) is 11.1 Å². The quantitative estimate of drug-likeness (QED) is 0.831. The first-order valence-electron chi connectivity index (χ1n) is 6.26. The molecule has 1 aromatic heterocycles. The molecule has 1 aliphatic rings. The average molecular weight is 249 g/mol. The summed E-state index contributed by atoms with van der Waals surface area (Å²) in [5, 5.41) is 6.42. The number of likely N-dealkylation sites (tertiary alicyclic amines) is 1. The van der Waals surface area contributed by atoms with Gasteiger partial charge in [0.2, 0.25) is 11.9 Å². The van der Waals surface area contributed by atoms with Gasteiger partial charge in [0.05, 0.1) is 0 Å². The molecule has 0 spiro atoms. The summed E-state index contributed by atoms with van der Waals surface area (Å²) in [6.07, 6.45) is 3.17. The lowest BCUT2D eigenvalue weighted by Gasteiger charge is -2.30. The second kappa shape index (κ2) is 5.66. The highest BCUT2D eigenvalue weighted by molar-refractivity contribution is 5.77. The average Bonchev–Trinajstić information content (AvgIpc) is 2.35. The number of carbonyl (C=O) groups is 1. The maximum absolute atomic E-state index is 11.4. The maximum atomic E-state index is 11.4. The number of hydrogen-bond donors (Lipinski definition) is 2. The van der Waals surface area contributed by atoms with Gasteiger partial charge >= 0.3 is 0 Å². The fourth-order valence-electron chi connectivity index (χ4n) is 2.02. The Hall–Kier alpha value is -1.85. The van der Waals surface area contributed by atoms with Gasteiger partial charge in [-0.25, -0.2) is 4.98 Å². The molecule has 1 aliphatic heterocycles. The predicted octanol–water partition coefficient (Wildman–Crippen LogP) is 0.941. The molecule has 0 aromatic carbocycles. The van der Waals surface area contributed by atoms with Crippen LogP contribution in [0.5, 0.6) is 0 Å². The minimum absolute atomic E-state index is 0.212. The lowest BCUT2D eigenvalue weighted by atomic mass is 10.1. The van der Waals surface area contributed by atoms with E-state index in [1.165, 1.54) is 0 Å². The topological polar surface area (TPSA) is 70.2 Å². The minimum Gasteiger partial charge on any atom is -0.365 e. The second-order valence-corrected chi connectivity index (χ2v) is 4.45. The minimum atomic E-state index is 0.212. The van der Waals surface area contributed by atoms with Gasteiger partial charge in [0.15, 0.2) is 0 Å². The van der Waals surface area contributed by atoms with Crippen LogP contribution in [0.1, 0.15) is 19.8 Å². The molecule has 0 aliphatic carbocycles. The van der Waals surface area contributed by atoms with Gasteiger partial charge in [-0.2, -0.15) is 4.98 Å². The van der Waals surface area contributed by atoms with E-state index in [0.29, 0.717) is 12.4 Å². The van der Waals surface area contributed by atoms with Gasteiger partial charge in [-0.3, -0.25) is 4.79 Å². The van der Waals surface area contributed by atoms with Crippen molar-refractivity contribution >= 4 is 17.7 Å². The van der Waals surface area contributed by atoms with Crippen LogP contribution in [0.25, 0.3) is 0 Å². The van der Waals surface area contributed by atoms with Crippen LogP contribution in [-0.2, 0) is 4.79 Å². The van der Waals surface area contributed by atoms with Crippen molar-refractivity contribution in [3.05, 3.63) is 12.3 Å². The van der Waals surface area contributed by atoms with Crippen LogP contribution < -0.4 is 10.6 Å². The van der Waals surface area contributed by atoms with Crippen molar-refractivity contribution in [2.24, 2.45) is 0 Å². The fourth-order valence-corrected chi connectivity index (χ4v) is 2.02. The Kier molecular flexibility index (Phi) is 3.96. The highest BCUT2D eigenvalue weighted by Crippen LogP contribution is 2.15. The molecule has 1 aromatic rings. The zero-order chi connectivity index (χ0) is 13.0. The van der Waals surface area contributed by atoms with Crippen LogP contribution in [0.3, 0.4) is 0 Å². The Bertz CT molecular complexity index is 423. The zero-order valence-electron chi connectivity index (χ0n) is 10.8. The van der Waals surface area contributed by atoms with E-state index in [4.69, 9.17) is 0 Å². The van der Waals surface area contributed by atoms with Gasteiger partial charge in [-0.1, -0.05) is 0 Å². The van der Waals surface area contributed by atoms with Gasteiger partial charge in [-0.15, -0.1) is 0 Å². The number of nitrogens with zero attached hydrogens (tertiary/aromatic N) is 3. The third kappa shape index (κ3) is 3.09. The molecule has 0 bridgehead atoms. The summed E-state index contributed by atoms with van der Waals surface area (Å²) >= 11 is 0. The Labute approximate surface area is 107 Å². The fraction of sp³-hybridized carbons (Fsp3) is 0.583. The Morgan fingerprint density at radius 1 is 1.56 bits per heavy atom. The first-order valence-corrected chi connectivity index (χ1v) is 6.26. The lowest BCUT2D eigenvalue weighted by molar-refractivity contribution is -0.132. The molecule has 1 atom stereocenters. The third-order valence-electron chi connectivity index (χ3n) is 2.97. The van der Waals surface area contributed by atoms with E-state index < -0.39 is 0 Å². The summed E-state index contributed by atoms with van der Waals surface area (Å²) in [6.45, 7) is 3.52. The van der Waals surface area contributed by atoms with Gasteiger partial charge in [0.25, 0.3) is 0 Å². The van der Waals surface area contributed by atoms with Crippen LogP contribution in [0.15, 0.2) is 12.3 Å². The maximum Gasteiger partial charge on any atom is 0.224 e. The second-order valence-electron chi connectivity index (χ2n) is 4.45. The molecule has 6 heteroatoms. The number of anilines is 2. The van der Waals surface area contributed by atoms with E-state index in [-0.39, 0.29) is 11.9 Å². The number of aromatic nitrogens is 2. The zero-order valence-corrected chi connectivity index (χ0v) is 10.8.